The van der Waals surface area contributed by atoms with Crippen molar-refractivity contribution in [1.29, 1.82) is 0 Å². The Hall–Kier alpha value is -3.50. The lowest BCUT2D eigenvalue weighted by molar-refractivity contribution is -0.135. The zero-order chi connectivity index (χ0) is 27.3. The van der Waals surface area contributed by atoms with Crippen molar-refractivity contribution in [3.8, 4) is 35.2 Å². The Labute approximate surface area is 229 Å². The SMILES string of the molecule is CCCCCCCCC(=O)Oc1ccc(C#CC#Cc2ccc(OC(=O)CCCCCCCC)cc2)cc1. The van der Waals surface area contributed by atoms with Crippen LogP contribution in [0.4, 0.5) is 0 Å². The number of unbranched alkanes of at least 4 members (excludes halogenated alkanes) is 10. The molecule has 0 radical (unpaired) electrons. The Morgan fingerprint density at radius 1 is 0.526 bits per heavy atom. The Kier molecular flexibility index (Phi) is 15.8. The summed E-state index contributed by atoms with van der Waals surface area (Å²) in [6.07, 6.45) is 14.6. The molecule has 0 amide bonds. The van der Waals surface area contributed by atoms with Crippen LogP contribution in [0, 0.1) is 23.7 Å². The summed E-state index contributed by atoms with van der Waals surface area (Å²) in [4.78, 5) is 24.0. The van der Waals surface area contributed by atoms with E-state index >= 15 is 0 Å². The quantitative estimate of drug-likeness (QED) is 0.0976. The van der Waals surface area contributed by atoms with E-state index in [1.807, 2.05) is 24.3 Å². The van der Waals surface area contributed by atoms with Crippen LogP contribution in [0.25, 0.3) is 0 Å². The van der Waals surface area contributed by atoms with Crippen LogP contribution in [-0.2, 0) is 9.59 Å². The van der Waals surface area contributed by atoms with Crippen LogP contribution >= 0.6 is 0 Å². The maximum Gasteiger partial charge on any atom is 0.311 e. The smallest absolute Gasteiger partial charge is 0.311 e. The summed E-state index contributed by atoms with van der Waals surface area (Å²) in [5.74, 6) is 12.4. The molecule has 0 saturated heterocycles. The predicted octanol–water partition coefficient (Wildman–Crippen LogP) is 8.40. The molecule has 0 aliphatic heterocycles. The Morgan fingerprint density at radius 3 is 1.24 bits per heavy atom. The highest BCUT2D eigenvalue weighted by atomic mass is 16.5. The lowest BCUT2D eigenvalue weighted by Crippen LogP contribution is -2.07. The maximum atomic E-state index is 12.0. The van der Waals surface area contributed by atoms with Crippen LogP contribution in [0.2, 0.25) is 0 Å². The van der Waals surface area contributed by atoms with E-state index in [1.165, 1.54) is 51.4 Å². The number of carbonyl (C=O) groups excluding carboxylic acids is 2. The largest absolute Gasteiger partial charge is 0.427 e. The first-order valence-corrected chi connectivity index (χ1v) is 14.2. The number of hydrogen-bond donors (Lipinski definition) is 0. The van der Waals surface area contributed by atoms with Gasteiger partial charge in [0.15, 0.2) is 0 Å². The van der Waals surface area contributed by atoms with E-state index in [0.29, 0.717) is 24.3 Å². The van der Waals surface area contributed by atoms with Gasteiger partial charge in [-0.15, -0.1) is 0 Å². The summed E-state index contributed by atoms with van der Waals surface area (Å²) >= 11 is 0. The molecule has 4 nitrogen and oxygen atoms in total. The van der Waals surface area contributed by atoms with Crippen LogP contribution in [0.3, 0.4) is 0 Å². The fourth-order valence-corrected chi connectivity index (χ4v) is 3.88. The van der Waals surface area contributed by atoms with Gasteiger partial charge in [0.25, 0.3) is 0 Å². The standard InChI is InChI=1S/C34H42O4/c1-3-5-7-9-11-13-19-33(35)37-31-25-21-29(22-26-31)17-15-16-18-30-23-27-32(28-24-30)38-34(36)20-14-12-10-8-6-4-2/h21-28H,3-14,19-20H2,1-2H3. The van der Waals surface area contributed by atoms with Crippen LogP contribution < -0.4 is 9.47 Å². The van der Waals surface area contributed by atoms with Crippen LogP contribution in [0.1, 0.15) is 115 Å². The molecule has 0 saturated carbocycles. The molecule has 202 valence electrons. The average Bonchev–Trinajstić information content (AvgIpc) is 2.92. The molecule has 0 spiro atoms. The molecule has 4 heteroatoms. The number of rotatable bonds is 16. The first kappa shape index (κ1) is 30.7. The van der Waals surface area contributed by atoms with Gasteiger partial charge in [-0.1, -0.05) is 89.9 Å². The molecular weight excluding hydrogens is 472 g/mol. The van der Waals surface area contributed by atoms with E-state index in [1.54, 1.807) is 24.3 Å². The third kappa shape index (κ3) is 14.3. The Balaban J connectivity index is 1.71. The monoisotopic (exact) mass is 514 g/mol. The Morgan fingerprint density at radius 2 is 0.868 bits per heavy atom. The van der Waals surface area contributed by atoms with Gasteiger partial charge in [-0.3, -0.25) is 9.59 Å². The summed E-state index contributed by atoms with van der Waals surface area (Å²) in [5, 5.41) is 0. The highest BCUT2D eigenvalue weighted by Gasteiger charge is 2.05. The molecular formula is C34H42O4. The van der Waals surface area contributed by atoms with Gasteiger partial charge in [-0.2, -0.15) is 0 Å². The summed E-state index contributed by atoms with van der Waals surface area (Å²) in [6.45, 7) is 4.39. The number of ether oxygens (including phenoxy) is 2. The first-order chi connectivity index (χ1) is 18.6. The summed E-state index contributed by atoms with van der Waals surface area (Å²) in [7, 11) is 0. The lowest BCUT2D eigenvalue weighted by atomic mass is 10.1. The zero-order valence-corrected chi connectivity index (χ0v) is 23.2. The fraction of sp³-hybridized carbons (Fsp3) is 0.471. The normalized spacial score (nSPS) is 10.1. The molecule has 0 N–H and O–H groups in total. The minimum absolute atomic E-state index is 0.191. The summed E-state index contributed by atoms with van der Waals surface area (Å²) in [5.41, 5.74) is 1.59. The second-order valence-corrected chi connectivity index (χ2v) is 9.53. The van der Waals surface area contributed by atoms with Crippen molar-refractivity contribution in [3.63, 3.8) is 0 Å². The first-order valence-electron chi connectivity index (χ1n) is 14.2. The highest BCUT2D eigenvalue weighted by molar-refractivity contribution is 5.72. The van der Waals surface area contributed by atoms with Crippen LogP contribution in [0.5, 0.6) is 11.5 Å². The van der Waals surface area contributed by atoms with E-state index in [0.717, 1.165) is 36.8 Å². The predicted molar refractivity (Wildman–Crippen MR) is 154 cm³/mol. The number of benzene rings is 2. The molecule has 0 aromatic heterocycles. The molecule has 0 aliphatic rings. The van der Waals surface area contributed by atoms with Crippen molar-refractivity contribution in [1.82, 2.24) is 0 Å². The number of hydrogen-bond acceptors (Lipinski definition) is 4. The number of carbonyl (C=O) groups is 2. The molecule has 0 unspecified atom stereocenters. The van der Waals surface area contributed by atoms with Crippen molar-refractivity contribution in [2.45, 2.75) is 104 Å². The van der Waals surface area contributed by atoms with Gasteiger partial charge in [0.1, 0.15) is 11.5 Å². The number of esters is 2. The van der Waals surface area contributed by atoms with E-state index in [2.05, 4.69) is 37.5 Å². The lowest BCUT2D eigenvalue weighted by Gasteiger charge is -2.04. The van der Waals surface area contributed by atoms with Gasteiger partial charge < -0.3 is 9.47 Å². The van der Waals surface area contributed by atoms with E-state index in [9.17, 15) is 9.59 Å². The van der Waals surface area contributed by atoms with Crippen molar-refractivity contribution in [3.05, 3.63) is 59.7 Å². The van der Waals surface area contributed by atoms with Crippen LogP contribution in [-0.4, -0.2) is 11.9 Å². The molecule has 0 heterocycles. The molecule has 0 atom stereocenters. The van der Waals surface area contributed by atoms with Gasteiger partial charge in [-0.25, -0.2) is 0 Å². The third-order valence-corrected chi connectivity index (χ3v) is 6.12. The van der Waals surface area contributed by atoms with Gasteiger partial charge in [0.05, 0.1) is 0 Å². The molecule has 2 aromatic carbocycles. The summed E-state index contributed by atoms with van der Waals surface area (Å²) < 4.78 is 10.8. The fourth-order valence-electron chi connectivity index (χ4n) is 3.88. The second-order valence-electron chi connectivity index (χ2n) is 9.53. The van der Waals surface area contributed by atoms with Crippen molar-refractivity contribution >= 4 is 11.9 Å². The van der Waals surface area contributed by atoms with E-state index in [-0.39, 0.29) is 11.9 Å². The molecule has 0 aliphatic carbocycles. The minimum Gasteiger partial charge on any atom is -0.427 e. The topological polar surface area (TPSA) is 52.6 Å². The van der Waals surface area contributed by atoms with E-state index < -0.39 is 0 Å². The zero-order valence-electron chi connectivity index (χ0n) is 23.2. The molecule has 38 heavy (non-hydrogen) atoms. The Bertz CT molecular complexity index is 986. The second kappa shape index (κ2) is 19.6. The maximum absolute atomic E-state index is 12.0. The van der Waals surface area contributed by atoms with Crippen LogP contribution in [0.15, 0.2) is 48.5 Å². The molecule has 2 rings (SSSR count). The summed E-state index contributed by atoms with van der Waals surface area (Å²) in [6, 6.07) is 14.3. The van der Waals surface area contributed by atoms with Gasteiger partial charge in [0, 0.05) is 24.0 Å². The average molecular weight is 515 g/mol. The third-order valence-electron chi connectivity index (χ3n) is 6.12. The molecule has 0 fully saturated rings. The van der Waals surface area contributed by atoms with Gasteiger partial charge >= 0.3 is 11.9 Å². The van der Waals surface area contributed by atoms with Crippen molar-refractivity contribution < 1.29 is 19.1 Å². The minimum atomic E-state index is -0.191. The van der Waals surface area contributed by atoms with Crippen molar-refractivity contribution in [2.75, 3.05) is 0 Å². The molecule has 2 aromatic rings. The van der Waals surface area contributed by atoms with Gasteiger partial charge in [-0.05, 0) is 73.2 Å². The molecule has 0 bridgehead atoms. The van der Waals surface area contributed by atoms with E-state index in [4.69, 9.17) is 9.47 Å². The highest BCUT2D eigenvalue weighted by Crippen LogP contribution is 2.15. The van der Waals surface area contributed by atoms with Gasteiger partial charge in [0.2, 0.25) is 0 Å². The van der Waals surface area contributed by atoms with Crippen molar-refractivity contribution in [2.24, 2.45) is 0 Å².